The van der Waals surface area contributed by atoms with Crippen LogP contribution in [0.1, 0.15) is 503 Å². The van der Waals surface area contributed by atoms with E-state index in [-0.39, 0.29) is 5.92 Å². The van der Waals surface area contributed by atoms with Gasteiger partial charge < -0.3 is 64.5 Å². The maximum absolute atomic E-state index is 13.9. The molecular formula is C98H189O17P. The molecule has 0 radical (unpaired) electrons. The van der Waals surface area contributed by atoms with Crippen molar-refractivity contribution in [3.8, 4) is 0 Å². The molecule has 1 aliphatic carbocycles. The van der Waals surface area contributed by atoms with Gasteiger partial charge in [0.25, 0.3) is 0 Å². The largest absolute Gasteiger partial charge is 0.469 e. The third-order valence-electron chi connectivity index (χ3n) is 26.7. The average Bonchev–Trinajstić information content (AvgIpc) is 1.02. The maximum atomic E-state index is 13.9. The van der Waals surface area contributed by atoms with Gasteiger partial charge in [-0.25, -0.2) is 4.57 Å². The predicted molar refractivity (Wildman–Crippen MR) is 476 cm³/mol. The fourth-order valence-corrected chi connectivity index (χ4v) is 18.8. The van der Waals surface area contributed by atoms with E-state index in [1.165, 1.54) is 392 Å². The highest BCUT2D eigenvalue weighted by Crippen LogP contribution is 2.49. The summed E-state index contributed by atoms with van der Waals surface area (Å²) in [7, 11) is -5.03. The van der Waals surface area contributed by atoms with Gasteiger partial charge in [-0.2, -0.15) is 0 Å². The summed E-state index contributed by atoms with van der Waals surface area (Å²) in [5, 5.41) is 75.8. The highest BCUT2D eigenvalue weighted by atomic mass is 31.2. The molecule has 0 bridgehead atoms. The van der Waals surface area contributed by atoms with E-state index < -0.39 is 100 Å². The van der Waals surface area contributed by atoms with Gasteiger partial charge in [0.1, 0.15) is 61.2 Å². The van der Waals surface area contributed by atoms with Gasteiger partial charge in [-0.15, -0.1) is 0 Å². The van der Waals surface area contributed by atoms with E-state index >= 15 is 0 Å². The zero-order valence-corrected chi connectivity index (χ0v) is 76.6. The van der Waals surface area contributed by atoms with E-state index in [4.69, 9.17) is 18.9 Å². The first kappa shape index (κ1) is 109. The summed E-state index contributed by atoms with van der Waals surface area (Å²) in [6.07, 6.45) is 76.0. The van der Waals surface area contributed by atoms with E-state index in [0.29, 0.717) is 18.6 Å². The number of esters is 1. The lowest BCUT2D eigenvalue weighted by atomic mass is 9.91. The van der Waals surface area contributed by atoms with Crippen LogP contribution in [0.15, 0.2) is 0 Å². The third-order valence-corrected chi connectivity index (χ3v) is 27.2. The molecule has 2 heterocycles. The van der Waals surface area contributed by atoms with E-state index in [0.717, 1.165) is 88.4 Å². The first-order chi connectivity index (χ1) is 56.4. The van der Waals surface area contributed by atoms with E-state index in [2.05, 4.69) is 32.2 Å². The highest BCUT2D eigenvalue weighted by molar-refractivity contribution is 7.46. The molecule has 3 aliphatic rings. The molecule has 0 aromatic heterocycles. The Kier molecular flexibility index (Phi) is 69.7. The number of ether oxygens (including phenoxy) is 4. The minimum Gasteiger partial charge on any atom is -0.463 e. The Labute approximate surface area is 712 Å². The highest BCUT2D eigenvalue weighted by Gasteiger charge is 2.51. The fourth-order valence-electron chi connectivity index (χ4n) is 18.4. The molecule has 3 fully saturated rings. The van der Waals surface area contributed by atoms with Crippen molar-refractivity contribution in [3.63, 3.8) is 0 Å². The smallest absolute Gasteiger partial charge is 0.463 e. The molecule has 0 spiro atoms. The van der Waals surface area contributed by atoms with Gasteiger partial charge in [0.2, 0.25) is 0 Å². The van der Waals surface area contributed by atoms with Crippen LogP contribution >= 0.6 is 7.82 Å². The molecule has 2 saturated heterocycles. The first-order valence-corrected chi connectivity index (χ1v) is 52.0. The van der Waals surface area contributed by atoms with Gasteiger partial charge in [0, 0.05) is 12.3 Å². The van der Waals surface area contributed by atoms with Crippen LogP contribution < -0.4 is 0 Å². The molecule has 3 rings (SSSR count). The Balaban J connectivity index is 1.17. The molecule has 17 nitrogen and oxygen atoms in total. The van der Waals surface area contributed by atoms with Crippen LogP contribution in [-0.4, -0.2) is 138 Å². The molecule has 1 saturated carbocycles. The van der Waals surface area contributed by atoms with Crippen molar-refractivity contribution in [3.05, 3.63) is 0 Å². The molecule has 2 aliphatic heterocycles. The Morgan fingerprint density at radius 2 is 0.638 bits per heavy atom. The van der Waals surface area contributed by atoms with Gasteiger partial charge in [0.05, 0.1) is 18.6 Å². The number of ketones is 1. The molecule has 16 atom stereocenters. The van der Waals surface area contributed by atoms with Crippen LogP contribution in [0.25, 0.3) is 0 Å². The van der Waals surface area contributed by atoms with Gasteiger partial charge in [-0.05, 0) is 49.9 Å². The molecule has 0 aromatic carbocycles. The second-order valence-corrected chi connectivity index (χ2v) is 38.7. The lowest BCUT2D eigenvalue weighted by molar-refractivity contribution is -0.376. The van der Waals surface area contributed by atoms with Crippen LogP contribution in [0.2, 0.25) is 0 Å². The standard InChI is InChI=1S/C98H189O17P/c1-5-7-9-11-13-15-17-19-21-22-23-24-25-26-27-28-29-31-39-45-51-57-63-69-75-84(96(107)111-79-88-90(101)92(103)94(105)97(113-88)115-98-95(106)93(104)91(102)89(114-98)80-112-116(108,109)110)87(100)77-71-65-59-53-47-41-35-33-38-44-50-56-62-68-74-83-78-85(83)81(3)72-66-60-54-48-42-36-32-34-40-46-52-58-64-70-76-86(99)82(4)73-67-61-55-49-43-37-30-20-18-16-14-12-10-8-6-2/h81-85,87-95,97-98,100-106H,5-80H2,1-4H3,(H2,108,109,110)/t81?,82?,83?,84?,85?,87-,88-,89-,90-,91-,92+,93+,94-,95-,97-,98-/m1/s1. The molecule has 688 valence electrons. The van der Waals surface area contributed by atoms with Gasteiger partial charge in [-0.3, -0.25) is 14.1 Å². The predicted octanol–water partition coefficient (Wildman–Crippen LogP) is 25.2. The quantitative estimate of drug-likeness (QED) is 0.0155. The molecule has 0 amide bonds. The van der Waals surface area contributed by atoms with Crippen molar-refractivity contribution >= 4 is 19.6 Å². The lowest BCUT2D eigenvalue weighted by Crippen LogP contribution is -2.64. The number of aliphatic hydroxyl groups excluding tert-OH is 7. The van der Waals surface area contributed by atoms with Crippen molar-refractivity contribution in [1.29, 1.82) is 0 Å². The fraction of sp³-hybridized carbons (Fsp3) is 0.980. The minimum atomic E-state index is -5.03. The number of rotatable bonds is 86. The van der Waals surface area contributed by atoms with E-state index in [9.17, 15) is 59.7 Å². The van der Waals surface area contributed by atoms with Gasteiger partial charge in [0.15, 0.2) is 12.6 Å². The van der Waals surface area contributed by atoms with Crippen molar-refractivity contribution in [1.82, 2.24) is 0 Å². The molecule has 18 heteroatoms. The van der Waals surface area contributed by atoms with Crippen molar-refractivity contribution in [2.75, 3.05) is 13.2 Å². The van der Waals surface area contributed by atoms with Crippen LogP contribution in [0.5, 0.6) is 0 Å². The zero-order chi connectivity index (χ0) is 84.2. The number of carbonyl (C=O) groups is 2. The van der Waals surface area contributed by atoms with Crippen molar-refractivity contribution < 1.29 is 83.2 Å². The molecular weight excluding hydrogens is 1480 g/mol. The molecule has 5 unspecified atom stereocenters. The van der Waals surface area contributed by atoms with E-state index in [1.54, 1.807) is 0 Å². The summed E-state index contributed by atoms with van der Waals surface area (Å²) < 4.78 is 38.3. The van der Waals surface area contributed by atoms with Gasteiger partial charge >= 0.3 is 13.8 Å². The summed E-state index contributed by atoms with van der Waals surface area (Å²) in [4.78, 5) is 45.0. The van der Waals surface area contributed by atoms with Gasteiger partial charge in [-0.1, -0.05) is 464 Å². The Bertz CT molecular complexity index is 2240. The minimum absolute atomic E-state index is 0.260. The maximum Gasteiger partial charge on any atom is 0.469 e. The molecule has 0 aromatic rings. The Morgan fingerprint density at radius 3 is 0.974 bits per heavy atom. The first-order valence-electron chi connectivity index (χ1n) is 50.5. The number of hydrogen-bond donors (Lipinski definition) is 9. The summed E-state index contributed by atoms with van der Waals surface area (Å²) in [6.45, 7) is 7.79. The molecule has 116 heavy (non-hydrogen) atoms. The number of Topliss-reactive ketones (excluding diaryl/α,β-unsaturated/α-hetero) is 1. The summed E-state index contributed by atoms with van der Waals surface area (Å²) >= 11 is 0. The zero-order valence-electron chi connectivity index (χ0n) is 75.7. The third kappa shape index (κ3) is 57.4. The lowest BCUT2D eigenvalue weighted by Gasteiger charge is -2.44. The average molecular weight is 1670 g/mol. The van der Waals surface area contributed by atoms with Crippen molar-refractivity contribution in [2.45, 2.75) is 570 Å². The number of phosphoric ester groups is 1. The van der Waals surface area contributed by atoms with Crippen LogP contribution in [0.4, 0.5) is 0 Å². The number of carbonyl (C=O) groups excluding carboxylic acids is 2. The Morgan fingerprint density at radius 1 is 0.353 bits per heavy atom. The summed E-state index contributed by atoms with van der Waals surface area (Å²) in [6, 6.07) is 0. The van der Waals surface area contributed by atoms with E-state index in [1.807, 2.05) is 0 Å². The monoisotopic (exact) mass is 1670 g/mol. The Hall–Kier alpha value is -1.15. The van der Waals surface area contributed by atoms with Crippen LogP contribution in [0.3, 0.4) is 0 Å². The SMILES string of the molecule is CCCCCCCCCCCCCCCCCCCCCCCCCCC(C(=O)OC[C@H]1O[C@H](O[C@H]2O[C@H](COP(=O)(O)O)[C@@H](O)[C@H](O)[C@H]2O)[C@H](O)[C@@H](O)[C@@H]1O)[C@H](O)CCCCCCCCCCCCCCCCC1CC1C(C)CCCCCCCCCCCCCCCCC(=O)C(C)CCCCCCCCCCCCCCCCC. The second kappa shape index (κ2) is 74.1. The van der Waals surface area contributed by atoms with Crippen molar-refractivity contribution in [2.24, 2.45) is 29.6 Å². The summed E-state index contributed by atoms with van der Waals surface area (Å²) in [5.41, 5.74) is 0. The molecule has 9 N–H and O–H groups in total. The number of hydrogen-bond acceptors (Lipinski definition) is 15. The summed E-state index contributed by atoms with van der Waals surface area (Å²) in [5.74, 6) is 2.16. The normalized spacial score (nSPS) is 22.8. The van der Waals surface area contributed by atoms with Crippen LogP contribution in [0, 0.1) is 29.6 Å². The number of unbranched alkanes of at least 4 members (excludes halogenated alkanes) is 63. The number of aliphatic hydroxyl groups is 7. The topological polar surface area (TPSA) is 279 Å². The number of phosphoric acid groups is 1. The second-order valence-electron chi connectivity index (χ2n) is 37.4. The van der Waals surface area contributed by atoms with Crippen LogP contribution in [-0.2, 0) is 37.6 Å².